The van der Waals surface area contributed by atoms with Crippen molar-refractivity contribution in [2.75, 3.05) is 45.8 Å². The van der Waals surface area contributed by atoms with E-state index in [2.05, 4.69) is 10.2 Å². The van der Waals surface area contributed by atoms with E-state index in [0.717, 1.165) is 5.56 Å². The Labute approximate surface area is 352 Å². The van der Waals surface area contributed by atoms with Crippen LogP contribution in [0.2, 0.25) is 0 Å². The molecule has 0 spiro atoms. The van der Waals surface area contributed by atoms with Crippen molar-refractivity contribution in [1.82, 2.24) is 14.7 Å². The Kier molecular flexibility index (Phi) is 19.8. The summed E-state index contributed by atoms with van der Waals surface area (Å²) in [6, 6.07) is 6.16. The average molecular weight is 835 g/mol. The van der Waals surface area contributed by atoms with E-state index >= 15 is 0 Å². The maximum atomic E-state index is 13.6. The van der Waals surface area contributed by atoms with Crippen LogP contribution < -0.4 is 0 Å². The van der Waals surface area contributed by atoms with Gasteiger partial charge in [-0.3, -0.25) is 38.7 Å². The Morgan fingerprint density at radius 3 is 1.21 bits per heavy atom. The topological polar surface area (TPSA) is 154 Å². The lowest BCUT2D eigenvalue weighted by Crippen LogP contribution is -2.54. The number of carbonyl (C=O) groups excluding carboxylic acids is 5. The molecule has 0 heterocycles. The maximum absolute atomic E-state index is 13.6. The van der Waals surface area contributed by atoms with E-state index in [4.69, 9.17) is 35.9 Å². The minimum atomic E-state index is -0.799. The molecule has 1 aromatic rings. The van der Waals surface area contributed by atoms with Gasteiger partial charge >= 0.3 is 29.8 Å². The third-order valence-electron chi connectivity index (χ3n) is 7.50. The van der Waals surface area contributed by atoms with Crippen LogP contribution in [0.15, 0.2) is 29.3 Å². The second-order valence-corrected chi connectivity index (χ2v) is 19.7. The van der Waals surface area contributed by atoms with E-state index in [1.54, 1.807) is 126 Å². The molecule has 0 N–H and O–H groups in total. The smallest absolute Gasteiger partial charge is 0.320 e. The highest BCUT2D eigenvalue weighted by atomic mass is 32.1. The first-order valence-corrected chi connectivity index (χ1v) is 20.1. The number of nitrogens with zero attached hydrogens (tertiary/aromatic N) is 4. The highest BCUT2D eigenvalue weighted by molar-refractivity contribution is 7.78. The van der Waals surface area contributed by atoms with E-state index in [0.29, 0.717) is 12.1 Å². The first-order valence-electron chi connectivity index (χ1n) is 19.7. The van der Waals surface area contributed by atoms with Crippen LogP contribution in [0, 0.1) is 0 Å². The third kappa shape index (κ3) is 24.9. The third-order valence-corrected chi connectivity index (χ3v) is 7.59. The summed E-state index contributed by atoms with van der Waals surface area (Å²) in [6.45, 7) is 27.3. The fourth-order valence-corrected chi connectivity index (χ4v) is 5.83. The molecule has 58 heavy (non-hydrogen) atoms. The van der Waals surface area contributed by atoms with Crippen LogP contribution in [0.25, 0.3) is 0 Å². The van der Waals surface area contributed by atoms with Crippen LogP contribution in [0.5, 0.6) is 0 Å². The predicted molar refractivity (Wildman–Crippen MR) is 227 cm³/mol. The zero-order valence-corrected chi connectivity index (χ0v) is 38.7. The fourth-order valence-electron chi connectivity index (χ4n) is 5.73. The zero-order valence-electron chi connectivity index (χ0n) is 37.9. The largest absolute Gasteiger partial charge is 0.459 e. The number of benzene rings is 1. The first-order chi connectivity index (χ1) is 26.2. The van der Waals surface area contributed by atoms with Crippen LogP contribution in [0.1, 0.15) is 116 Å². The van der Waals surface area contributed by atoms with Gasteiger partial charge in [0.25, 0.3) is 0 Å². The summed E-state index contributed by atoms with van der Waals surface area (Å²) in [5.74, 6) is -2.71. The Morgan fingerprint density at radius 2 is 0.879 bits per heavy atom. The molecule has 0 radical (unpaired) electrons. The van der Waals surface area contributed by atoms with Crippen molar-refractivity contribution < 1.29 is 47.7 Å². The van der Waals surface area contributed by atoms with Gasteiger partial charge in [-0.2, -0.15) is 4.99 Å². The van der Waals surface area contributed by atoms with Crippen molar-refractivity contribution in [3.05, 3.63) is 29.8 Å². The van der Waals surface area contributed by atoms with Crippen LogP contribution >= 0.6 is 12.2 Å². The number of hydrogen-bond donors (Lipinski definition) is 0. The molecule has 1 rings (SSSR count). The molecule has 0 bridgehead atoms. The summed E-state index contributed by atoms with van der Waals surface area (Å²) >= 11 is 4.78. The summed E-state index contributed by atoms with van der Waals surface area (Å²) in [7, 11) is 0. The normalized spacial score (nSPS) is 13.7. The van der Waals surface area contributed by atoms with Crippen molar-refractivity contribution in [1.29, 1.82) is 0 Å². The quantitative estimate of drug-likeness (QED) is 0.0660. The van der Waals surface area contributed by atoms with Crippen molar-refractivity contribution >= 4 is 52.9 Å². The molecule has 0 aliphatic heterocycles. The van der Waals surface area contributed by atoms with Gasteiger partial charge in [-0.05, 0) is 147 Å². The Balaban J connectivity index is 3.87. The number of rotatable bonds is 19. The second-order valence-electron chi connectivity index (χ2n) is 19.5. The molecule has 2 atom stereocenters. The van der Waals surface area contributed by atoms with Gasteiger partial charge in [0.15, 0.2) is 0 Å². The monoisotopic (exact) mass is 834 g/mol. The van der Waals surface area contributed by atoms with E-state index in [1.165, 1.54) is 0 Å². The van der Waals surface area contributed by atoms with Crippen LogP contribution in [-0.4, -0.2) is 136 Å². The zero-order chi connectivity index (χ0) is 44.9. The van der Waals surface area contributed by atoms with E-state index in [-0.39, 0.29) is 45.8 Å². The van der Waals surface area contributed by atoms with Crippen LogP contribution in [-0.2, 0) is 54.1 Å². The molecule has 0 amide bonds. The van der Waals surface area contributed by atoms with Gasteiger partial charge in [-0.1, -0.05) is 12.1 Å². The van der Waals surface area contributed by atoms with Crippen molar-refractivity contribution in [2.45, 2.75) is 157 Å². The molecule has 0 saturated heterocycles. The molecular formula is C43H70N4O10S. The number of carbonyl (C=O) groups is 5. The van der Waals surface area contributed by atoms with Crippen LogP contribution in [0.3, 0.4) is 0 Å². The summed E-state index contributed by atoms with van der Waals surface area (Å²) in [6.07, 6.45) is 0.311. The highest BCUT2D eigenvalue weighted by Crippen LogP contribution is 2.20. The van der Waals surface area contributed by atoms with Gasteiger partial charge in [-0.15, -0.1) is 0 Å². The lowest BCUT2D eigenvalue weighted by atomic mass is 10.0. The highest BCUT2D eigenvalue weighted by Gasteiger charge is 2.33. The SMILES string of the molecule is CC(CN(CC(=O)OC(C)(C)C)CC(Cc1ccc(N=C=S)cc1)N(CC(=O)OC(C)(C)C)CC(=O)OC(C)(C)C)N(CC(=O)OC(C)(C)C)CC(=O)OC(C)(C)C. The van der Waals surface area contributed by atoms with Gasteiger partial charge in [0.2, 0.25) is 0 Å². The Morgan fingerprint density at radius 1 is 0.552 bits per heavy atom. The molecule has 1 aromatic carbocycles. The predicted octanol–water partition coefficient (Wildman–Crippen LogP) is 6.34. The van der Waals surface area contributed by atoms with E-state index in [1.807, 2.05) is 24.0 Å². The molecule has 0 aliphatic carbocycles. The van der Waals surface area contributed by atoms with E-state index < -0.39 is 69.9 Å². The van der Waals surface area contributed by atoms with Gasteiger partial charge in [0.05, 0.1) is 43.6 Å². The molecular weight excluding hydrogens is 765 g/mol. The summed E-state index contributed by atoms with van der Waals surface area (Å²) in [5.41, 5.74) is -2.49. The maximum Gasteiger partial charge on any atom is 0.320 e. The second kappa shape index (κ2) is 22.0. The molecule has 0 aromatic heterocycles. The molecule has 14 nitrogen and oxygen atoms in total. The molecule has 0 saturated carbocycles. The number of aliphatic imine (C=N–C) groups is 1. The summed E-state index contributed by atoms with van der Waals surface area (Å²) in [4.78, 5) is 76.1. The van der Waals surface area contributed by atoms with Gasteiger partial charge in [-0.25, -0.2) is 0 Å². The Hall–Kier alpha value is -3.75. The molecule has 0 aliphatic rings. The molecule has 2 unspecified atom stereocenters. The Bertz CT molecular complexity index is 1510. The lowest BCUT2D eigenvalue weighted by molar-refractivity contribution is -0.163. The van der Waals surface area contributed by atoms with Crippen molar-refractivity contribution in [2.24, 2.45) is 4.99 Å². The average Bonchev–Trinajstić information content (AvgIpc) is 2.96. The van der Waals surface area contributed by atoms with Crippen LogP contribution in [0.4, 0.5) is 5.69 Å². The number of hydrogen-bond acceptors (Lipinski definition) is 15. The summed E-state index contributed by atoms with van der Waals surface area (Å²) in [5, 5.41) is 2.36. The van der Waals surface area contributed by atoms with Gasteiger partial charge < -0.3 is 23.7 Å². The summed E-state index contributed by atoms with van der Waals surface area (Å²) < 4.78 is 28.4. The standard InChI is InChI=1S/C43H70N4O10S/c1-30(46(25-35(49)54-40(5,6)7)26-36(50)55-41(8,9)10)22-45(24-34(48)53-39(2,3)4)23-33(21-31-17-19-32(20-18-31)44-29-58)47(27-37(51)56-42(11,12)13)28-38(52)57-43(14,15)16/h17-20,30,33H,21-28H2,1-16H3. The minimum Gasteiger partial charge on any atom is -0.459 e. The minimum absolute atomic E-state index is 0.127. The number of ether oxygens (including phenoxy) is 5. The number of thiocarbonyl (C=S) groups is 1. The van der Waals surface area contributed by atoms with E-state index in [9.17, 15) is 24.0 Å². The van der Waals surface area contributed by atoms with Crippen molar-refractivity contribution in [3.8, 4) is 0 Å². The number of isothiocyanates is 1. The molecule has 15 heteroatoms. The molecule has 0 fully saturated rings. The van der Waals surface area contributed by atoms with Crippen molar-refractivity contribution in [3.63, 3.8) is 0 Å². The van der Waals surface area contributed by atoms with Gasteiger partial charge in [0.1, 0.15) is 28.0 Å². The fraction of sp³-hybridized carbons (Fsp3) is 0.721. The molecule has 328 valence electrons. The van der Waals surface area contributed by atoms with Gasteiger partial charge in [0, 0.05) is 25.2 Å². The first kappa shape index (κ1) is 52.3. The lowest BCUT2D eigenvalue weighted by Gasteiger charge is -2.38. The number of esters is 5.